The van der Waals surface area contributed by atoms with Crippen molar-refractivity contribution in [3.05, 3.63) is 70.1 Å². The van der Waals surface area contributed by atoms with Crippen molar-refractivity contribution in [2.24, 2.45) is 13.0 Å². The van der Waals surface area contributed by atoms with E-state index in [2.05, 4.69) is 29.6 Å². The molecule has 2 amide bonds. The van der Waals surface area contributed by atoms with Crippen molar-refractivity contribution in [2.75, 3.05) is 19.6 Å². The van der Waals surface area contributed by atoms with Crippen LogP contribution in [0.4, 0.5) is 0 Å². The van der Waals surface area contributed by atoms with Crippen LogP contribution in [0.5, 0.6) is 0 Å². The predicted octanol–water partition coefficient (Wildman–Crippen LogP) is 1.60. The number of nitrogens with zero attached hydrogens (tertiary/aromatic N) is 2. The summed E-state index contributed by atoms with van der Waals surface area (Å²) in [5.41, 5.74) is 1.01. The molecule has 27 heavy (non-hydrogen) atoms. The van der Waals surface area contributed by atoms with Crippen molar-refractivity contribution in [3.8, 4) is 0 Å². The van der Waals surface area contributed by atoms with E-state index in [4.69, 9.17) is 0 Å². The second-order valence-corrected chi connectivity index (χ2v) is 7.03. The molecule has 0 radical (unpaired) electrons. The Hall–Kier alpha value is -2.89. The second-order valence-electron chi connectivity index (χ2n) is 7.03. The highest BCUT2D eigenvalue weighted by atomic mass is 16.2. The minimum absolute atomic E-state index is 0.0503. The zero-order valence-corrected chi connectivity index (χ0v) is 15.6. The van der Waals surface area contributed by atoms with Gasteiger partial charge in [0, 0.05) is 26.3 Å². The van der Waals surface area contributed by atoms with E-state index < -0.39 is 5.91 Å². The molecule has 0 atom stereocenters. The first kappa shape index (κ1) is 18.9. The third-order valence-electron chi connectivity index (χ3n) is 5.10. The quantitative estimate of drug-likeness (QED) is 0.873. The lowest BCUT2D eigenvalue weighted by atomic mass is 9.90. The summed E-state index contributed by atoms with van der Waals surface area (Å²) in [4.78, 5) is 38.3. The number of hydrogen-bond acceptors (Lipinski definition) is 3. The van der Waals surface area contributed by atoms with Crippen LogP contribution >= 0.6 is 0 Å². The number of rotatable bonds is 5. The topological polar surface area (TPSA) is 71.4 Å². The van der Waals surface area contributed by atoms with E-state index in [1.54, 1.807) is 24.2 Å². The third-order valence-corrected chi connectivity index (χ3v) is 5.10. The van der Waals surface area contributed by atoms with Crippen LogP contribution in [0.3, 0.4) is 0 Å². The summed E-state index contributed by atoms with van der Waals surface area (Å²) in [6, 6.07) is 13.5. The van der Waals surface area contributed by atoms with Crippen LogP contribution in [0.25, 0.3) is 0 Å². The lowest BCUT2D eigenvalue weighted by Crippen LogP contribution is -2.45. The molecule has 0 unspecified atom stereocenters. The summed E-state index contributed by atoms with van der Waals surface area (Å²) in [5, 5.41) is 2.57. The Morgan fingerprint density at radius 2 is 1.78 bits per heavy atom. The van der Waals surface area contributed by atoms with Gasteiger partial charge in [0.25, 0.3) is 11.5 Å². The van der Waals surface area contributed by atoms with Crippen molar-refractivity contribution >= 4 is 11.8 Å². The number of amides is 2. The van der Waals surface area contributed by atoms with Gasteiger partial charge in [-0.15, -0.1) is 0 Å². The lowest BCUT2D eigenvalue weighted by Gasteiger charge is -2.32. The van der Waals surface area contributed by atoms with E-state index in [-0.39, 0.29) is 23.6 Å². The Morgan fingerprint density at radius 1 is 1.07 bits per heavy atom. The molecule has 1 N–H and O–H groups in total. The van der Waals surface area contributed by atoms with Crippen molar-refractivity contribution in [3.63, 3.8) is 0 Å². The maximum absolute atomic E-state index is 12.4. The molecule has 1 aliphatic heterocycles. The molecular weight excluding hydrogens is 342 g/mol. The smallest absolute Gasteiger partial charge is 0.263 e. The Bertz CT molecular complexity index is 852. The number of carbonyl (C=O) groups is 2. The predicted molar refractivity (Wildman–Crippen MR) is 103 cm³/mol. The van der Waals surface area contributed by atoms with E-state index in [0.29, 0.717) is 19.0 Å². The fourth-order valence-corrected chi connectivity index (χ4v) is 3.47. The van der Waals surface area contributed by atoms with Crippen LogP contribution in [0, 0.1) is 5.92 Å². The van der Waals surface area contributed by atoms with Gasteiger partial charge in [-0.2, -0.15) is 0 Å². The van der Waals surface area contributed by atoms with Gasteiger partial charge in [-0.1, -0.05) is 30.3 Å². The highest BCUT2D eigenvalue weighted by Gasteiger charge is 2.23. The van der Waals surface area contributed by atoms with Crippen molar-refractivity contribution in [1.82, 2.24) is 14.8 Å². The fourth-order valence-electron chi connectivity index (χ4n) is 3.47. The first-order valence-electron chi connectivity index (χ1n) is 9.30. The molecule has 0 bridgehead atoms. The minimum Gasteiger partial charge on any atom is -0.343 e. The summed E-state index contributed by atoms with van der Waals surface area (Å²) >= 11 is 0. The van der Waals surface area contributed by atoms with Crippen LogP contribution in [-0.4, -0.2) is 40.9 Å². The molecule has 1 aromatic heterocycles. The van der Waals surface area contributed by atoms with Crippen LogP contribution in [0.15, 0.2) is 53.5 Å². The molecule has 6 nitrogen and oxygen atoms in total. The summed E-state index contributed by atoms with van der Waals surface area (Å²) < 4.78 is 1.34. The Kier molecular flexibility index (Phi) is 6.06. The number of aromatic nitrogens is 1. The van der Waals surface area contributed by atoms with Crippen LogP contribution in [-0.2, 0) is 18.3 Å². The summed E-state index contributed by atoms with van der Waals surface area (Å²) in [6.45, 7) is 1.33. The molecule has 1 fully saturated rings. The van der Waals surface area contributed by atoms with Crippen molar-refractivity contribution in [2.45, 2.75) is 19.3 Å². The van der Waals surface area contributed by atoms with Crippen molar-refractivity contribution < 1.29 is 9.59 Å². The number of carbonyl (C=O) groups excluding carboxylic acids is 2. The monoisotopic (exact) mass is 367 g/mol. The Morgan fingerprint density at radius 3 is 2.48 bits per heavy atom. The molecule has 0 saturated carbocycles. The van der Waals surface area contributed by atoms with Gasteiger partial charge in [0.15, 0.2) is 0 Å². The van der Waals surface area contributed by atoms with Gasteiger partial charge >= 0.3 is 0 Å². The number of nitrogens with one attached hydrogen (secondary N) is 1. The van der Waals surface area contributed by atoms with Gasteiger partial charge < -0.3 is 14.8 Å². The maximum Gasteiger partial charge on any atom is 0.263 e. The van der Waals surface area contributed by atoms with E-state index in [9.17, 15) is 14.4 Å². The third kappa shape index (κ3) is 4.84. The molecule has 0 aliphatic carbocycles. The Balaban J connectivity index is 1.46. The fraction of sp³-hybridized carbons (Fsp3) is 0.381. The van der Waals surface area contributed by atoms with E-state index in [1.165, 1.54) is 16.2 Å². The standard InChI is InChI=1S/C21H25N3O3/c1-23-11-5-8-18(21(23)27)20(26)22-15-19(25)24-12-9-17(10-13-24)14-16-6-3-2-4-7-16/h2-8,11,17H,9-10,12-15H2,1H3,(H,22,26). The number of benzene rings is 1. The molecule has 142 valence electrons. The first-order valence-corrected chi connectivity index (χ1v) is 9.30. The van der Waals surface area contributed by atoms with Crippen LogP contribution in [0.2, 0.25) is 0 Å². The molecule has 1 aromatic carbocycles. The van der Waals surface area contributed by atoms with Gasteiger partial charge in [0.1, 0.15) is 5.56 Å². The molecule has 1 saturated heterocycles. The summed E-state index contributed by atoms with van der Waals surface area (Å²) in [5.74, 6) is -0.0313. The number of likely N-dealkylation sites (tertiary alicyclic amines) is 1. The summed E-state index contributed by atoms with van der Waals surface area (Å²) in [7, 11) is 1.59. The van der Waals surface area contributed by atoms with Gasteiger partial charge in [-0.05, 0) is 42.9 Å². The highest BCUT2D eigenvalue weighted by Crippen LogP contribution is 2.21. The summed E-state index contributed by atoms with van der Waals surface area (Å²) in [6.07, 6.45) is 4.56. The molecular formula is C21H25N3O3. The first-order chi connectivity index (χ1) is 13.0. The van der Waals surface area contributed by atoms with Crippen LogP contribution in [0.1, 0.15) is 28.8 Å². The zero-order chi connectivity index (χ0) is 19.2. The second kappa shape index (κ2) is 8.66. The van der Waals surface area contributed by atoms with Crippen LogP contribution < -0.4 is 10.9 Å². The van der Waals surface area contributed by atoms with Crippen molar-refractivity contribution in [1.29, 1.82) is 0 Å². The average molecular weight is 367 g/mol. The normalized spacial score (nSPS) is 14.8. The lowest BCUT2D eigenvalue weighted by molar-refractivity contribution is -0.131. The maximum atomic E-state index is 12.4. The van der Waals surface area contributed by atoms with E-state index in [0.717, 1.165) is 19.3 Å². The molecule has 2 aromatic rings. The highest BCUT2D eigenvalue weighted by molar-refractivity contribution is 5.96. The largest absolute Gasteiger partial charge is 0.343 e. The number of hydrogen-bond donors (Lipinski definition) is 1. The van der Waals surface area contributed by atoms with E-state index in [1.807, 2.05) is 6.07 Å². The molecule has 3 rings (SSSR count). The molecule has 0 spiro atoms. The van der Waals surface area contributed by atoms with E-state index >= 15 is 0 Å². The van der Waals surface area contributed by atoms with Gasteiger partial charge in [0.05, 0.1) is 6.54 Å². The SMILES string of the molecule is Cn1cccc(C(=O)NCC(=O)N2CCC(Cc3ccccc3)CC2)c1=O. The Labute approximate surface area is 158 Å². The number of aryl methyl sites for hydroxylation is 1. The zero-order valence-electron chi connectivity index (χ0n) is 15.6. The molecule has 2 heterocycles. The van der Waals surface area contributed by atoms with Gasteiger partial charge in [-0.3, -0.25) is 14.4 Å². The van der Waals surface area contributed by atoms with Gasteiger partial charge in [0.2, 0.25) is 5.91 Å². The molecule has 6 heteroatoms. The average Bonchev–Trinajstić information content (AvgIpc) is 2.69. The van der Waals surface area contributed by atoms with Gasteiger partial charge in [-0.25, -0.2) is 0 Å². The number of piperidine rings is 1. The molecule has 1 aliphatic rings. The minimum atomic E-state index is -0.511. The number of pyridine rings is 1.